The molecule has 0 aliphatic carbocycles. The van der Waals surface area contributed by atoms with Crippen molar-refractivity contribution in [2.24, 2.45) is 0 Å². The summed E-state index contributed by atoms with van der Waals surface area (Å²) in [5, 5.41) is 8.38. The van der Waals surface area contributed by atoms with E-state index < -0.39 is 0 Å². The number of nitrogens with zero attached hydrogens (tertiary/aromatic N) is 2. The van der Waals surface area contributed by atoms with E-state index in [1.165, 1.54) is 11.8 Å². The zero-order valence-corrected chi connectivity index (χ0v) is 14.4. The molecule has 0 aliphatic rings. The summed E-state index contributed by atoms with van der Waals surface area (Å²) < 4.78 is 10.7. The first kappa shape index (κ1) is 16.3. The lowest BCUT2D eigenvalue weighted by Gasteiger charge is -1.99. The molecule has 2 heterocycles. The first-order valence-electron chi connectivity index (χ1n) is 7.37. The van der Waals surface area contributed by atoms with Crippen molar-refractivity contribution in [3.05, 3.63) is 47.3 Å². The van der Waals surface area contributed by atoms with E-state index in [4.69, 9.17) is 9.15 Å². The number of ether oxygens (including phenoxy) is 1. The van der Waals surface area contributed by atoms with Crippen molar-refractivity contribution in [2.75, 3.05) is 12.9 Å². The van der Waals surface area contributed by atoms with Crippen molar-refractivity contribution in [3.8, 4) is 17.2 Å². The van der Waals surface area contributed by atoms with Gasteiger partial charge < -0.3 is 14.1 Å². The topological polar surface area (TPSA) is 81.0 Å². The van der Waals surface area contributed by atoms with Crippen LogP contribution in [-0.4, -0.2) is 33.8 Å². The van der Waals surface area contributed by atoms with Crippen LogP contribution in [-0.2, 0) is 0 Å². The molecule has 1 aromatic carbocycles. The Balaban J connectivity index is 1.65. The van der Waals surface area contributed by atoms with Gasteiger partial charge in [-0.1, -0.05) is 11.8 Å². The number of hydrogen-bond acceptors (Lipinski definition) is 6. The highest BCUT2D eigenvalue weighted by Crippen LogP contribution is 2.25. The zero-order valence-electron chi connectivity index (χ0n) is 13.6. The molecule has 2 aromatic heterocycles. The highest BCUT2D eigenvalue weighted by Gasteiger charge is 2.15. The van der Waals surface area contributed by atoms with E-state index in [-0.39, 0.29) is 11.5 Å². The largest absolute Gasteiger partial charge is 0.497 e. The summed E-state index contributed by atoms with van der Waals surface area (Å²) in [4.78, 5) is 15.4. The SMILES string of the molecule is COc1ccc(-c2nnc(SCC(=O)c3cc(C)[nH]c3C)o2)cc1. The summed E-state index contributed by atoms with van der Waals surface area (Å²) >= 11 is 1.24. The molecule has 3 aromatic rings. The summed E-state index contributed by atoms with van der Waals surface area (Å²) in [5.74, 6) is 1.46. The maximum absolute atomic E-state index is 12.3. The van der Waals surface area contributed by atoms with Gasteiger partial charge in [-0.25, -0.2) is 0 Å². The van der Waals surface area contributed by atoms with Crippen LogP contribution in [0.2, 0.25) is 0 Å². The number of aryl methyl sites for hydroxylation is 2. The van der Waals surface area contributed by atoms with Crippen molar-refractivity contribution in [1.82, 2.24) is 15.2 Å². The Morgan fingerprint density at radius 2 is 2.00 bits per heavy atom. The molecular formula is C17H17N3O3S. The third-order valence-corrected chi connectivity index (χ3v) is 4.34. The van der Waals surface area contributed by atoms with Crippen LogP contribution in [0.1, 0.15) is 21.7 Å². The molecule has 0 spiro atoms. The number of ketones is 1. The molecule has 0 saturated heterocycles. The van der Waals surface area contributed by atoms with Crippen molar-refractivity contribution in [1.29, 1.82) is 0 Å². The number of methoxy groups -OCH3 is 1. The summed E-state index contributed by atoms with van der Waals surface area (Å²) in [6.07, 6.45) is 0. The minimum atomic E-state index is 0.0334. The van der Waals surface area contributed by atoms with Crippen molar-refractivity contribution < 1.29 is 13.9 Å². The van der Waals surface area contributed by atoms with Gasteiger partial charge in [-0.2, -0.15) is 0 Å². The highest BCUT2D eigenvalue weighted by atomic mass is 32.2. The molecule has 7 heteroatoms. The van der Waals surface area contributed by atoms with Crippen LogP contribution in [0.4, 0.5) is 0 Å². The first-order chi connectivity index (χ1) is 11.6. The van der Waals surface area contributed by atoms with E-state index >= 15 is 0 Å². The number of Topliss-reactive ketones (excluding diaryl/α,β-unsaturated/α-hetero) is 1. The summed E-state index contributed by atoms with van der Waals surface area (Å²) in [5.41, 5.74) is 3.36. The number of aromatic amines is 1. The van der Waals surface area contributed by atoms with Gasteiger partial charge in [-0.05, 0) is 44.2 Å². The second-order valence-corrected chi connectivity index (χ2v) is 6.23. The van der Waals surface area contributed by atoms with E-state index in [9.17, 15) is 4.79 Å². The average molecular weight is 343 g/mol. The first-order valence-corrected chi connectivity index (χ1v) is 8.35. The molecule has 0 atom stereocenters. The number of rotatable bonds is 6. The van der Waals surface area contributed by atoms with Gasteiger partial charge in [0.25, 0.3) is 5.22 Å². The smallest absolute Gasteiger partial charge is 0.277 e. The van der Waals surface area contributed by atoms with Gasteiger partial charge >= 0.3 is 0 Å². The lowest BCUT2D eigenvalue weighted by Crippen LogP contribution is -2.02. The Morgan fingerprint density at radius 3 is 2.62 bits per heavy atom. The Kier molecular flexibility index (Phi) is 4.71. The fourth-order valence-electron chi connectivity index (χ4n) is 2.34. The van der Waals surface area contributed by atoms with Crippen molar-refractivity contribution in [2.45, 2.75) is 19.1 Å². The van der Waals surface area contributed by atoms with Crippen LogP contribution in [0.3, 0.4) is 0 Å². The van der Waals surface area contributed by atoms with Crippen LogP contribution in [0.15, 0.2) is 40.0 Å². The quantitative estimate of drug-likeness (QED) is 0.543. The van der Waals surface area contributed by atoms with Gasteiger partial charge in [0.2, 0.25) is 5.89 Å². The number of benzene rings is 1. The Labute approximate surface area is 143 Å². The van der Waals surface area contributed by atoms with Crippen molar-refractivity contribution in [3.63, 3.8) is 0 Å². The summed E-state index contributed by atoms with van der Waals surface area (Å²) in [6.45, 7) is 3.81. The summed E-state index contributed by atoms with van der Waals surface area (Å²) in [6, 6.07) is 9.20. The van der Waals surface area contributed by atoms with Gasteiger partial charge in [0.1, 0.15) is 5.75 Å². The monoisotopic (exact) mass is 343 g/mol. The van der Waals surface area contributed by atoms with Gasteiger partial charge in [0, 0.05) is 22.5 Å². The van der Waals surface area contributed by atoms with E-state index in [1.54, 1.807) is 7.11 Å². The second kappa shape index (κ2) is 6.92. The molecule has 24 heavy (non-hydrogen) atoms. The highest BCUT2D eigenvalue weighted by molar-refractivity contribution is 7.99. The van der Waals surface area contributed by atoms with E-state index in [0.717, 1.165) is 22.7 Å². The Bertz CT molecular complexity index is 852. The molecular weight excluding hydrogens is 326 g/mol. The molecule has 3 rings (SSSR count). The predicted molar refractivity (Wildman–Crippen MR) is 91.6 cm³/mol. The third-order valence-electron chi connectivity index (χ3n) is 3.52. The van der Waals surface area contributed by atoms with Crippen molar-refractivity contribution >= 4 is 17.5 Å². The zero-order chi connectivity index (χ0) is 17.1. The minimum Gasteiger partial charge on any atom is -0.497 e. The fraction of sp³-hybridized carbons (Fsp3) is 0.235. The fourth-order valence-corrected chi connectivity index (χ4v) is 2.98. The second-order valence-electron chi connectivity index (χ2n) is 5.30. The minimum absolute atomic E-state index is 0.0334. The number of thioether (sulfide) groups is 1. The molecule has 0 fully saturated rings. The molecule has 0 saturated carbocycles. The maximum Gasteiger partial charge on any atom is 0.277 e. The number of nitrogens with one attached hydrogen (secondary N) is 1. The Morgan fingerprint density at radius 1 is 1.25 bits per heavy atom. The number of carbonyl (C=O) groups is 1. The molecule has 0 aliphatic heterocycles. The number of hydrogen-bond donors (Lipinski definition) is 1. The number of aromatic nitrogens is 3. The van der Waals surface area contributed by atoms with E-state index in [0.29, 0.717) is 16.7 Å². The van der Waals surface area contributed by atoms with Gasteiger partial charge in [0.05, 0.1) is 12.9 Å². The van der Waals surface area contributed by atoms with Gasteiger partial charge in [0.15, 0.2) is 5.78 Å². The normalized spacial score (nSPS) is 10.8. The molecule has 124 valence electrons. The maximum atomic E-state index is 12.3. The van der Waals surface area contributed by atoms with Gasteiger partial charge in [-0.3, -0.25) is 4.79 Å². The lowest BCUT2D eigenvalue weighted by molar-refractivity contribution is 0.102. The predicted octanol–water partition coefficient (Wildman–Crippen LogP) is 3.67. The van der Waals surface area contributed by atoms with Crippen LogP contribution >= 0.6 is 11.8 Å². The molecule has 0 unspecified atom stereocenters. The third kappa shape index (κ3) is 3.51. The van der Waals surface area contributed by atoms with Crippen LogP contribution in [0, 0.1) is 13.8 Å². The molecule has 1 N–H and O–H groups in total. The average Bonchev–Trinajstić information content (AvgIpc) is 3.19. The van der Waals surface area contributed by atoms with E-state index in [1.807, 2.05) is 44.2 Å². The lowest BCUT2D eigenvalue weighted by atomic mass is 10.2. The van der Waals surface area contributed by atoms with E-state index in [2.05, 4.69) is 15.2 Å². The van der Waals surface area contributed by atoms with Crippen LogP contribution in [0.5, 0.6) is 5.75 Å². The van der Waals surface area contributed by atoms with Crippen LogP contribution in [0.25, 0.3) is 11.5 Å². The number of carbonyl (C=O) groups excluding carboxylic acids is 1. The molecule has 0 amide bonds. The molecule has 0 radical (unpaired) electrons. The molecule has 0 bridgehead atoms. The Hall–Kier alpha value is -2.54. The number of H-pyrrole nitrogens is 1. The van der Waals surface area contributed by atoms with Crippen LogP contribution < -0.4 is 4.74 Å². The summed E-state index contributed by atoms with van der Waals surface area (Å²) in [7, 11) is 1.61. The standard InChI is InChI=1S/C17H17N3O3S/c1-10-8-14(11(2)18-10)15(21)9-24-17-20-19-16(23-17)12-4-6-13(22-3)7-5-12/h4-8,18H,9H2,1-3H3. The van der Waals surface area contributed by atoms with Gasteiger partial charge in [-0.15, -0.1) is 10.2 Å². The molecule has 6 nitrogen and oxygen atoms in total.